The fourth-order valence-electron chi connectivity index (χ4n) is 3.48. The molecule has 3 amide bonds. The number of carbonyl (C=O) groups is 4. The smallest absolute Gasteiger partial charge is 0.326 e. The van der Waals surface area contributed by atoms with Crippen molar-refractivity contribution < 1.29 is 34.5 Å². The Hall–Kier alpha value is -3.18. The Balaban J connectivity index is 3.20. The van der Waals surface area contributed by atoms with Gasteiger partial charge in [-0.05, 0) is 42.9 Å². The van der Waals surface area contributed by atoms with Crippen LogP contribution in [0.5, 0.6) is 5.75 Å². The van der Waals surface area contributed by atoms with Gasteiger partial charge in [-0.25, -0.2) is 4.79 Å². The van der Waals surface area contributed by atoms with Crippen molar-refractivity contribution in [2.45, 2.75) is 84.2 Å². The maximum Gasteiger partial charge on any atom is 0.326 e. The molecule has 6 unspecified atom stereocenters. The number of carboxylic acids is 1. The van der Waals surface area contributed by atoms with Crippen LogP contribution in [0, 0.1) is 11.8 Å². The zero-order valence-corrected chi connectivity index (χ0v) is 21.5. The Kier molecular flexibility index (Phi) is 12.3. The highest BCUT2D eigenvalue weighted by Crippen LogP contribution is 2.14. The van der Waals surface area contributed by atoms with E-state index < -0.39 is 54.0 Å². The minimum Gasteiger partial charge on any atom is -0.508 e. The number of aromatic hydroxyl groups is 1. The molecule has 0 radical (unpaired) electrons. The molecule has 11 heteroatoms. The first-order valence-electron chi connectivity index (χ1n) is 12.1. The zero-order valence-electron chi connectivity index (χ0n) is 21.5. The molecular formula is C25H40N4O7. The fraction of sp³-hybridized carbons (Fsp3) is 0.600. The van der Waals surface area contributed by atoms with Crippen molar-refractivity contribution >= 4 is 23.7 Å². The van der Waals surface area contributed by atoms with E-state index in [0.29, 0.717) is 12.0 Å². The minimum atomic E-state index is -1.24. The Bertz CT molecular complexity index is 889. The summed E-state index contributed by atoms with van der Waals surface area (Å²) in [5.74, 6) is -3.58. The monoisotopic (exact) mass is 508 g/mol. The van der Waals surface area contributed by atoms with Crippen LogP contribution in [0.2, 0.25) is 0 Å². The van der Waals surface area contributed by atoms with Crippen LogP contribution in [0.25, 0.3) is 0 Å². The number of benzene rings is 1. The number of nitrogens with two attached hydrogens (primary N) is 1. The first-order valence-corrected chi connectivity index (χ1v) is 12.1. The molecule has 1 aromatic rings. The van der Waals surface area contributed by atoms with Gasteiger partial charge in [-0.3, -0.25) is 14.4 Å². The molecule has 0 aliphatic carbocycles. The first kappa shape index (κ1) is 30.9. The number of hydrogen-bond acceptors (Lipinski definition) is 7. The number of carboxylic acid groups (broad SMARTS) is 1. The van der Waals surface area contributed by atoms with Gasteiger partial charge in [0, 0.05) is 6.42 Å². The summed E-state index contributed by atoms with van der Waals surface area (Å²) in [6.07, 6.45) is -0.366. The van der Waals surface area contributed by atoms with Gasteiger partial charge >= 0.3 is 5.97 Å². The molecular weight excluding hydrogens is 468 g/mol. The van der Waals surface area contributed by atoms with Crippen LogP contribution in [-0.2, 0) is 25.6 Å². The number of aliphatic hydroxyl groups excluding tert-OH is 1. The van der Waals surface area contributed by atoms with Gasteiger partial charge in [0.2, 0.25) is 17.7 Å². The number of amides is 3. The van der Waals surface area contributed by atoms with Gasteiger partial charge in [-0.2, -0.15) is 0 Å². The van der Waals surface area contributed by atoms with Crippen molar-refractivity contribution in [3.05, 3.63) is 29.8 Å². The van der Waals surface area contributed by atoms with E-state index in [9.17, 15) is 34.5 Å². The molecule has 0 saturated heterocycles. The second-order valence-electron chi connectivity index (χ2n) is 9.60. The molecule has 1 rings (SSSR count). The van der Waals surface area contributed by atoms with Crippen LogP contribution in [0.1, 0.15) is 53.0 Å². The Labute approximate surface area is 211 Å². The largest absolute Gasteiger partial charge is 0.508 e. The van der Waals surface area contributed by atoms with Crippen molar-refractivity contribution in [2.24, 2.45) is 17.6 Å². The summed E-state index contributed by atoms with van der Waals surface area (Å²) in [4.78, 5) is 50.5. The third-order valence-electron chi connectivity index (χ3n) is 5.95. The predicted octanol–water partition coefficient (Wildman–Crippen LogP) is 0.274. The van der Waals surface area contributed by atoms with Crippen LogP contribution in [-0.4, -0.2) is 69.3 Å². The van der Waals surface area contributed by atoms with E-state index in [1.54, 1.807) is 26.0 Å². The topological polar surface area (TPSA) is 191 Å². The van der Waals surface area contributed by atoms with Gasteiger partial charge < -0.3 is 37.0 Å². The average molecular weight is 509 g/mol. The second-order valence-corrected chi connectivity index (χ2v) is 9.60. The maximum atomic E-state index is 13.2. The summed E-state index contributed by atoms with van der Waals surface area (Å²) in [5.41, 5.74) is 6.31. The molecule has 0 saturated carbocycles. The summed E-state index contributed by atoms with van der Waals surface area (Å²) in [5, 5.41) is 36.4. The lowest BCUT2D eigenvalue weighted by Crippen LogP contribution is -2.59. The van der Waals surface area contributed by atoms with E-state index in [2.05, 4.69) is 16.0 Å². The summed E-state index contributed by atoms with van der Waals surface area (Å²) >= 11 is 0. The molecule has 0 heterocycles. The van der Waals surface area contributed by atoms with Crippen molar-refractivity contribution in [3.8, 4) is 5.75 Å². The summed E-state index contributed by atoms with van der Waals surface area (Å²) < 4.78 is 0. The van der Waals surface area contributed by atoms with E-state index in [1.807, 2.05) is 13.8 Å². The number of hydrogen-bond donors (Lipinski definition) is 7. The van der Waals surface area contributed by atoms with Crippen molar-refractivity contribution in [2.75, 3.05) is 0 Å². The van der Waals surface area contributed by atoms with E-state index in [1.165, 1.54) is 19.1 Å². The van der Waals surface area contributed by atoms with Gasteiger partial charge in [0.1, 0.15) is 29.9 Å². The molecule has 8 N–H and O–H groups in total. The normalized spacial score (nSPS) is 16.2. The molecule has 0 spiro atoms. The summed E-state index contributed by atoms with van der Waals surface area (Å²) in [6.45, 7) is 8.57. The Morgan fingerprint density at radius 3 is 1.89 bits per heavy atom. The Morgan fingerprint density at radius 2 is 1.42 bits per heavy atom. The maximum absolute atomic E-state index is 13.2. The number of aliphatic carboxylic acids is 1. The molecule has 202 valence electrons. The molecule has 0 aliphatic heterocycles. The number of aliphatic hydroxyl groups is 1. The third kappa shape index (κ3) is 9.82. The standard InChI is InChI=1S/C25H40N4O7/c1-6-14(4)21(25(35)36)29-23(33)19(12-16-7-9-17(31)10-8-16)27-22(32)18(11-13(2)3)28-24(34)20(26)15(5)30/h7-10,13-15,18-21,30-31H,6,11-12,26H2,1-5H3,(H,27,32)(H,28,34)(H,29,33)(H,35,36). The van der Waals surface area contributed by atoms with Crippen LogP contribution < -0.4 is 21.7 Å². The van der Waals surface area contributed by atoms with E-state index >= 15 is 0 Å². The van der Waals surface area contributed by atoms with Gasteiger partial charge in [0.15, 0.2) is 0 Å². The molecule has 6 atom stereocenters. The lowest BCUT2D eigenvalue weighted by atomic mass is 9.97. The van der Waals surface area contributed by atoms with Gasteiger partial charge in [-0.1, -0.05) is 46.2 Å². The third-order valence-corrected chi connectivity index (χ3v) is 5.95. The molecule has 0 fully saturated rings. The summed E-state index contributed by atoms with van der Waals surface area (Å²) in [6, 6.07) is 1.44. The molecule has 0 bridgehead atoms. The van der Waals surface area contributed by atoms with Gasteiger partial charge in [0.25, 0.3) is 0 Å². The number of phenolic OH excluding ortho intramolecular Hbond substituents is 1. The van der Waals surface area contributed by atoms with Crippen molar-refractivity contribution in [1.82, 2.24) is 16.0 Å². The van der Waals surface area contributed by atoms with E-state index in [4.69, 9.17) is 5.73 Å². The van der Waals surface area contributed by atoms with Crippen LogP contribution >= 0.6 is 0 Å². The van der Waals surface area contributed by atoms with Crippen LogP contribution in [0.15, 0.2) is 24.3 Å². The lowest BCUT2D eigenvalue weighted by molar-refractivity contribution is -0.143. The van der Waals surface area contributed by atoms with E-state index in [0.717, 1.165) is 0 Å². The molecule has 11 nitrogen and oxygen atoms in total. The number of nitrogens with one attached hydrogen (secondary N) is 3. The highest BCUT2D eigenvalue weighted by atomic mass is 16.4. The van der Waals surface area contributed by atoms with Crippen molar-refractivity contribution in [3.63, 3.8) is 0 Å². The highest BCUT2D eigenvalue weighted by molar-refractivity contribution is 5.94. The first-order chi connectivity index (χ1) is 16.8. The lowest BCUT2D eigenvalue weighted by Gasteiger charge is -2.27. The molecule has 0 aliphatic rings. The van der Waals surface area contributed by atoms with Gasteiger partial charge in [0.05, 0.1) is 6.10 Å². The van der Waals surface area contributed by atoms with Crippen LogP contribution in [0.4, 0.5) is 0 Å². The number of carbonyl (C=O) groups excluding carboxylic acids is 3. The van der Waals surface area contributed by atoms with E-state index in [-0.39, 0.29) is 30.4 Å². The molecule has 36 heavy (non-hydrogen) atoms. The number of phenols is 1. The van der Waals surface area contributed by atoms with Crippen LogP contribution in [0.3, 0.4) is 0 Å². The molecule has 0 aromatic heterocycles. The summed E-state index contributed by atoms with van der Waals surface area (Å²) in [7, 11) is 0. The highest BCUT2D eigenvalue weighted by Gasteiger charge is 2.32. The quantitative estimate of drug-likeness (QED) is 0.186. The fourth-order valence-corrected chi connectivity index (χ4v) is 3.48. The second kappa shape index (κ2) is 14.4. The average Bonchev–Trinajstić information content (AvgIpc) is 2.81. The molecule has 1 aromatic carbocycles. The number of rotatable bonds is 14. The SMILES string of the molecule is CCC(C)C(NC(=O)C(Cc1ccc(O)cc1)NC(=O)C(CC(C)C)NC(=O)C(N)C(C)O)C(=O)O. The van der Waals surface area contributed by atoms with Gasteiger partial charge in [-0.15, -0.1) is 0 Å². The van der Waals surface area contributed by atoms with Crippen molar-refractivity contribution in [1.29, 1.82) is 0 Å². The minimum absolute atomic E-state index is 0.00464. The predicted molar refractivity (Wildman–Crippen MR) is 134 cm³/mol. The zero-order chi connectivity index (χ0) is 27.6. The Morgan fingerprint density at radius 1 is 0.889 bits per heavy atom.